The number of hydrogen-bond donors (Lipinski definition) is 0. The highest BCUT2D eigenvalue weighted by molar-refractivity contribution is 9.11. The van der Waals surface area contributed by atoms with Crippen LogP contribution in [0.5, 0.6) is 0 Å². The maximum absolute atomic E-state index is 12.7. The summed E-state index contributed by atoms with van der Waals surface area (Å²) in [5, 5.41) is 7.45. The second-order valence-electron chi connectivity index (χ2n) is 8.78. The van der Waals surface area contributed by atoms with Crippen LogP contribution in [0.4, 0.5) is 5.69 Å². The van der Waals surface area contributed by atoms with Crippen LogP contribution < -0.4 is 5.01 Å². The number of hydrazone groups is 1. The smallest absolute Gasteiger partial charge is 0.187 e. The van der Waals surface area contributed by atoms with Gasteiger partial charge in [-0.25, -0.2) is 5.01 Å². The first-order valence-electron chi connectivity index (χ1n) is 11.5. The van der Waals surface area contributed by atoms with Gasteiger partial charge in [-0.2, -0.15) is 5.10 Å². The summed E-state index contributed by atoms with van der Waals surface area (Å²) in [4.78, 5) is 12.7. The van der Waals surface area contributed by atoms with Crippen LogP contribution in [0.2, 0.25) is 0 Å². The number of hydrogen-bond acceptors (Lipinski definition) is 5. The second-order valence-corrected chi connectivity index (χ2v) is 14.4. The molecule has 2 heterocycles. The standard InChI is InChI=1S/C29H19Br3N2OS2/c1-18(35)27-33-34(24-16-14-23(32)15-17-24)29(36-27)26-5-3-2-4-25(26)28(37-29,19-6-10-21(30)11-7-19)20-8-12-22(31)13-9-20/h2-17H,1H3/t29-/m0/s1. The monoisotopic (exact) mass is 712 g/mol. The lowest BCUT2D eigenvalue weighted by Crippen LogP contribution is -2.34. The van der Waals surface area contributed by atoms with Crippen molar-refractivity contribution in [2.45, 2.75) is 15.9 Å². The van der Waals surface area contributed by atoms with Crippen LogP contribution in [0, 0.1) is 0 Å². The topological polar surface area (TPSA) is 32.7 Å². The van der Waals surface area contributed by atoms with Crippen molar-refractivity contribution in [3.05, 3.63) is 133 Å². The minimum atomic E-state index is -0.675. The van der Waals surface area contributed by atoms with E-state index in [4.69, 9.17) is 5.10 Å². The summed E-state index contributed by atoms with van der Waals surface area (Å²) in [5.74, 6) is -0.0353. The Balaban J connectivity index is 1.64. The molecule has 0 aromatic heterocycles. The molecular formula is C29H19Br3N2OS2. The van der Waals surface area contributed by atoms with Gasteiger partial charge in [0.25, 0.3) is 0 Å². The lowest BCUT2D eigenvalue weighted by Gasteiger charge is -2.37. The van der Waals surface area contributed by atoms with Crippen LogP contribution in [-0.4, -0.2) is 10.8 Å². The first-order valence-corrected chi connectivity index (χ1v) is 15.5. The van der Waals surface area contributed by atoms with E-state index in [0.717, 1.165) is 24.7 Å². The van der Waals surface area contributed by atoms with Crippen molar-refractivity contribution < 1.29 is 4.79 Å². The number of anilines is 1. The lowest BCUT2D eigenvalue weighted by molar-refractivity contribution is -0.110. The highest BCUT2D eigenvalue weighted by Gasteiger charge is 2.61. The number of halogens is 3. The van der Waals surface area contributed by atoms with Crippen molar-refractivity contribution in [1.29, 1.82) is 0 Å². The van der Waals surface area contributed by atoms with Gasteiger partial charge < -0.3 is 0 Å². The average molecular weight is 715 g/mol. The molecule has 1 atom stereocenters. The van der Waals surface area contributed by atoms with Crippen molar-refractivity contribution >= 4 is 87.8 Å². The molecule has 2 aliphatic rings. The summed E-state index contributed by atoms with van der Waals surface area (Å²) in [7, 11) is 0. The quantitative estimate of drug-likeness (QED) is 0.211. The summed E-state index contributed by atoms with van der Waals surface area (Å²) >= 11 is 14.1. The number of nitrogens with zero attached hydrogens (tertiary/aromatic N) is 2. The number of ketones is 1. The summed E-state index contributed by atoms with van der Waals surface area (Å²) in [6.07, 6.45) is 0. The van der Waals surface area contributed by atoms with Gasteiger partial charge in [-0.05, 0) is 65.2 Å². The van der Waals surface area contributed by atoms with Gasteiger partial charge in [0.15, 0.2) is 15.0 Å². The predicted molar refractivity (Wildman–Crippen MR) is 166 cm³/mol. The van der Waals surface area contributed by atoms with Crippen LogP contribution in [0.15, 0.2) is 116 Å². The summed E-state index contributed by atoms with van der Waals surface area (Å²) in [6.45, 7) is 1.59. The third-order valence-electron chi connectivity index (χ3n) is 6.52. The number of carbonyl (C=O) groups is 1. The third-order valence-corrected chi connectivity index (χ3v) is 11.5. The molecule has 4 aromatic carbocycles. The molecular weight excluding hydrogens is 696 g/mol. The van der Waals surface area contributed by atoms with E-state index >= 15 is 0 Å². The molecule has 8 heteroatoms. The maximum Gasteiger partial charge on any atom is 0.187 e. The molecule has 0 saturated carbocycles. The normalized spacial score (nSPS) is 19.7. The van der Waals surface area contributed by atoms with E-state index in [9.17, 15) is 4.79 Å². The van der Waals surface area contributed by atoms with Crippen molar-refractivity contribution in [2.24, 2.45) is 5.10 Å². The number of benzene rings is 4. The Labute approximate surface area is 249 Å². The Hall–Kier alpha value is -1.84. The van der Waals surface area contributed by atoms with Gasteiger partial charge in [-0.3, -0.25) is 4.79 Å². The fourth-order valence-electron chi connectivity index (χ4n) is 4.88. The van der Waals surface area contributed by atoms with Crippen LogP contribution in [0.25, 0.3) is 0 Å². The minimum Gasteiger partial charge on any atom is -0.292 e. The first-order chi connectivity index (χ1) is 17.8. The molecule has 184 valence electrons. The Bertz CT molecular complexity index is 1490. The predicted octanol–water partition coefficient (Wildman–Crippen LogP) is 9.28. The molecule has 0 unspecified atom stereocenters. The van der Waals surface area contributed by atoms with Gasteiger partial charge in [-0.15, -0.1) is 0 Å². The largest absolute Gasteiger partial charge is 0.292 e. The maximum atomic E-state index is 12.7. The average Bonchev–Trinajstić information content (AvgIpc) is 3.43. The summed E-state index contributed by atoms with van der Waals surface area (Å²) < 4.78 is 1.85. The highest BCUT2D eigenvalue weighted by Crippen LogP contribution is 2.70. The van der Waals surface area contributed by atoms with Crippen molar-refractivity contribution in [1.82, 2.24) is 0 Å². The molecule has 0 bridgehead atoms. The van der Waals surface area contributed by atoms with Gasteiger partial charge >= 0.3 is 0 Å². The van der Waals surface area contributed by atoms with Gasteiger partial charge in [-0.1, -0.05) is 120 Å². The van der Waals surface area contributed by atoms with Crippen molar-refractivity contribution in [2.75, 3.05) is 5.01 Å². The molecule has 0 amide bonds. The molecule has 1 spiro atoms. The number of rotatable bonds is 4. The SMILES string of the molecule is CC(=O)C1=NN(c2ccc(Br)cc2)[C@@]2(S1)SC(c1ccc(Br)cc1)(c1ccc(Br)cc1)c1ccccc12. The molecule has 2 aliphatic heterocycles. The number of fused-ring (bicyclic) bond motifs is 2. The van der Waals surface area contributed by atoms with Crippen molar-refractivity contribution in [3.8, 4) is 0 Å². The second kappa shape index (κ2) is 9.72. The summed E-state index contributed by atoms with van der Waals surface area (Å²) in [6, 6.07) is 33.8. The molecule has 37 heavy (non-hydrogen) atoms. The van der Waals surface area contributed by atoms with E-state index in [0.29, 0.717) is 5.04 Å². The molecule has 4 aromatic rings. The fourth-order valence-corrected chi connectivity index (χ4v) is 9.24. The van der Waals surface area contributed by atoms with Crippen LogP contribution in [0.3, 0.4) is 0 Å². The Morgan fingerprint density at radius 3 is 1.73 bits per heavy atom. The van der Waals surface area contributed by atoms with Crippen molar-refractivity contribution in [3.63, 3.8) is 0 Å². The van der Waals surface area contributed by atoms with Crippen LogP contribution >= 0.6 is 71.3 Å². The van der Waals surface area contributed by atoms with Crippen LogP contribution in [0.1, 0.15) is 29.2 Å². The number of Topliss-reactive ketones (excluding diaryl/α,β-unsaturated/α-hetero) is 1. The zero-order valence-electron chi connectivity index (χ0n) is 19.5. The van der Waals surface area contributed by atoms with E-state index in [1.807, 2.05) is 41.0 Å². The van der Waals surface area contributed by atoms with Gasteiger partial charge in [0.1, 0.15) is 0 Å². The van der Waals surface area contributed by atoms with E-state index in [1.165, 1.54) is 28.5 Å². The highest BCUT2D eigenvalue weighted by atomic mass is 79.9. The molecule has 0 radical (unpaired) electrons. The number of thioether (sulfide) groups is 2. The van der Waals surface area contributed by atoms with E-state index < -0.39 is 8.95 Å². The zero-order valence-corrected chi connectivity index (χ0v) is 25.9. The Kier molecular flexibility index (Phi) is 6.68. The molecule has 0 saturated heterocycles. The molecule has 3 nitrogen and oxygen atoms in total. The lowest BCUT2D eigenvalue weighted by atomic mass is 9.82. The fraction of sp³-hybridized carbons (Fsp3) is 0.103. The Morgan fingerprint density at radius 1 is 0.730 bits per heavy atom. The Morgan fingerprint density at radius 2 is 1.22 bits per heavy atom. The molecule has 6 rings (SSSR count). The third kappa shape index (κ3) is 4.16. The molecule has 0 aliphatic carbocycles. The summed E-state index contributed by atoms with van der Waals surface area (Å²) in [5.41, 5.74) is 5.59. The van der Waals surface area contributed by atoms with E-state index in [1.54, 1.807) is 6.92 Å². The van der Waals surface area contributed by atoms with E-state index in [2.05, 4.69) is 121 Å². The van der Waals surface area contributed by atoms with Gasteiger partial charge in [0.05, 0.1) is 10.4 Å². The zero-order chi connectivity index (χ0) is 25.8. The number of carbonyl (C=O) groups excluding carboxylic acids is 1. The van der Waals surface area contributed by atoms with Crippen LogP contribution in [-0.2, 0) is 13.7 Å². The first kappa shape index (κ1) is 25.4. The molecule has 0 N–H and O–H groups in total. The molecule has 0 fully saturated rings. The van der Waals surface area contributed by atoms with E-state index in [-0.39, 0.29) is 5.78 Å². The van der Waals surface area contributed by atoms with Gasteiger partial charge in [0.2, 0.25) is 0 Å². The van der Waals surface area contributed by atoms with Gasteiger partial charge in [0, 0.05) is 25.9 Å². The minimum absolute atomic E-state index is 0.0353.